The lowest BCUT2D eigenvalue weighted by Crippen LogP contribution is -2.16. The molecule has 5 heteroatoms. The topological polar surface area (TPSA) is 95.0 Å². The minimum atomic E-state index is -0.315. The Balaban J connectivity index is 2.27. The first-order valence-electron chi connectivity index (χ1n) is 5.82. The highest BCUT2D eigenvalue weighted by molar-refractivity contribution is 5.58. The molecule has 1 unspecified atom stereocenters. The smallest absolute Gasteiger partial charge is 0.144 e. The van der Waals surface area contributed by atoms with E-state index in [2.05, 4.69) is 10.3 Å². The van der Waals surface area contributed by atoms with Crippen LogP contribution in [0, 0.1) is 11.3 Å². The quantitative estimate of drug-likeness (QED) is 0.771. The minimum absolute atomic E-state index is 0.0963. The lowest BCUT2D eigenvalue weighted by Gasteiger charge is -2.18. The maximum Gasteiger partial charge on any atom is 0.144 e. The molecule has 5 nitrogen and oxygen atoms in total. The number of anilines is 2. The molecule has 0 amide bonds. The zero-order valence-corrected chi connectivity index (χ0v) is 10.2. The van der Waals surface area contributed by atoms with Crippen molar-refractivity contribution in [2.75, 3.05) is 17.7 Å². The predicted octanol–water partition coefficient (Wildman–Crippen LogP) is 1.68. The summed E-state index contributed by atoms with van der Waals surface area (Å²) in [5, 5.41) is 21.6. The summed E-state index contributed by atoms with van der Waals surface area (Å²) in [7, 11) is 0. The number of aliphatic hydroxyl groups is 1. The van der Waals surface area contributed by atoms with Crippen molar-refractivity contribution in [1.29, 1.82) is 5.26 Å². The van der Waals surface area contributed by atoms with Crippen LogP contribution < -0.4 is 11.1 Å². The second kappa shape index (κ2) is 5.85. The average Bonchev–Trinajstić information content (AvgIpc) is 2.46. The van der Waals surface area contributed by atoms with Crippen molar-refractivity contribution in [3.63, 3.8) is 0 Å². The molecule has 0 saturated carbocycles. The Bertz CT molecular complexity index is 592. The summed E-state index contributed by atoms with van der Waals surface area (Å²) in [5.74, 6) is 0.416. The molecule has 0 aliphatic carbocycles. The van der Waals surface area contributed by atoms with Crippen LogP contribution in [0.15, 0.2) is 42.6 Å². The Hall–Kier alpha value is -2.58. The third kappa shape index (κ3) is 3.00. The van der Waals surface area contributed by atoms with Crippen molar-refractivity contribution in [3.8, 4) is 6.07 Å². The largest absolute Gasteiger partial charge is 0.397 e. The summed E-state index contributed by atoms with van der Waals surface area (Å²) in [5.41, 5.74) is 7.30. The molecule has 2 aromatic rings. The third-order valence-electron chi connectivity index (χ3n) is 2.72. The van der Waals surface area contributed by atoms with Gasteiger partial charge in [0.1, 0.15) is 11.9 Å². The van der Waals surface area contributed by atoms with Gasteiger partial charge < -0.3 is 16.2 Å². The Kier molecular flexibility index (Phi) is 3.96. The van der Waals surface area contributed by atoms with E-state index in [1.807, 2.05) is 36.4 Å². The number of aromatic nitrogens is 1. The second-order valence-corrected chi connectivity index (χ2v) is 4.07. The standard InChI is InChI=1S/C14H14N4O/c15-7-11-6-12(16)8-17-14(11)18-13(9-19)10-4-2-1-3-5-10/h1-6,8,13,19H,9,16H2,(H,17,18). The maximum absolute atomic E-state index is 9.46. The van der Waals surface area contributed by atoms with Crippen LogP contribution >= 0.6 is 0 Å². The predicted molar refractivity (Wildman–Crippen MR) is 73.3 cm³/mol. The molecule has 2 rings (SSSR count). The highest BCUT2D eigenvalue weighted by atomic mass is 16.3. The Morgan fingerprint density at radius 2 is 2.11 bits per heavy atom. The van der Waals surface area contributed by atoms with E-state index >= 15 is 0 Å². The fourth-order valence-electron chi connectivity index (χ4n) is 1.77. The summed E-state index contributed by atoms with van der Waals surface area (Å²) in [4.78, 5) is 4.09. The first-order valence-corrected chi connectivity index (χ1v) is 5.82. The van der Waals surface area contributed by atoms with E-state index in [0.717, 1.165) is 5.56 Å². The van der Waals surface area contributed by atoms with Gasteiger partial charge in [-0.15, -0.1) is 0 Å². The molecule has 96 valence electrons. The van der Waals surface area contributed by atoms with Crippen LogP contribution in [0.4, 0.5) is 11.5 Å². The number of nitrogens with zero attached hydrogens (tertiary/aromatic N) is 2. The van der Waals surface area contributed by atoms with Gasteiger partial charge in [-0.3, -0.25) is 0 Å². The van der Waals surface area contributed by atoms with Crippen LogP contribution in [0.3, 0.4) is 0 Å². The van der Waals surface area contributed by atoms with Crippen molar-refractivity contribution < 1.29 is 5.11 Å². The van der Waals surface area contributed by atoms with E-state index in [1.165, 1.54) is 6.20 Å². The molecular weight excluding hydrogens is 240 g/mol. The zero-order valence-electron chi connectivity index (χ0n) is 10.2. The molecule has 0 radical (unpaired) electrons. The van der Waals surface area contributed by atoms with Crippen LogP contribution in [0.2, 0.25) is 0 Å². The monoisotopic (exact) mass is 254 g/mol. The van der Waals surface area contributed by atoms with Gasteiger partial charge in [-0.2, -0.15) is 5.26 Å². The van der Waals surface area contributed by atoms with Gasteiger partial charge in [0.2, 0.25) is 0 Å². The van der Waals surface area contributed by atoms with Crippen LogP contribution in [-0.4, -0.2) is 16.7 Å². The number of hydrogen-bond acceptors (Lipinski definition) is 5. The summed E-state index contributed by atoms with van der Waals surface area (Å²) in [6, 6.07) is 12.7. The molecule has 4 N–H and O–H groups in total. The van der Waals surface area contributed by atoms with Crippen LogP contribution in [0.5, 0.6) is 0 Å². The first-order chi connectivity index (χ1) is 9.24. The van der Waals surface area contributed by atoms with Crippen LogP contribution in [0.25, 0.3) is 0 Å². The number of nitrogen functional groups attached to an aromatic ring is 1. The van der Waals surface area contributed by atoms with Gasteiger partial charge >= 0.3 is 0 Å². The van der Waals surface area contributed by atoms with Gasteiger partial charge in [-0.1, -0.05) is 30.3 Å². The Labute approximate surface area is 111 Å². The van der Waals surface area contributed by atoms with E-state index in [-0.39, 0.29) is 12.6 Å². The minimum Gasteiger partial charge on any atom is -0.397 e. The van der Waals surface area contributed by atoms with Crippen molar-refractivity contribution in [2.45, 2.75) is 6.04 Å². The molecule has 1 aromatic heterocycles. The molecule has 19 heavy (non-hydrogen) atoms. The third-order valence-corrected chi connectivity index (χ3v) is 2.72. The molecule has 0 aliphatic heterocycles. The Morgan fingerprint density at radius 1 is 1.37 bits per heavy atom. The van der Waals surface area contributed by atoms with Gasteiger partial charge in [0.25, 0.3) is 0 Å². The van der Waals surface area contributed by atoms with Crippen molar-refractivity contribution in [2.24, 2.45) is 0 Å². The van der Waals surface area contributed by atoms with E-state index in [0.29, 0.717) is 17.1 Å². The van der Waals surface area contributed by atoms with Gasteiger partial charge in [0.15, 0.2) is 0 Å². The second-order valence-electron chi connectivity index (χ2n) is 4.07. The summed E-state index contributed by atoms with van der Waals surface area (Å²) >= 11 is 0. The number of hydrogen-bond donors (Lipinski definition) is 3. The molecule has 0 fully saturated rings. The van der Waals surface area contributed by atoms with Gasteiger partial charge in [0.05, 0.1) is 30.1 Å². The molecule has 0 spiro atoms. The Morgan fingerprint density at radius 3 is 2.74 bits per heavy atom. The van der Waals surface area contributed by atoms with E-state index in [1.54, 1.807) is 6.07 Å². The molecule has 1 atom stereocenters. The molecule has 0 aliphatic rings. The van der Waals surface area contributed by atoms with Crippen LogP contribution in [0.1, 0.15) is 17.2 Å². The lowest BCUT2D eigenvalue weighted by atomic mass is 10.1. The number of rotatable bonds is 4. The molecule has 0 saturated heterocycles. The lowest BCUT2D eigenvalue weighted by molar-refractivity contribution is 0.276. The summed E-state index contributed by atoms with van der Waals surface area (Å²) in [6.07, 6.45) is 1.47. The van der Waals surface area contributed by atoms with Crippen molar-refractivity contribution in [3.05, 3.63) is 53.7 Å². The molecule has 0 bridgehead atoms. The number of benzene rings is 1. The zero-order chi connectivity index (χ0) is 13.7. The number of nitrogens with two attached hydrogens (primary N) is 1. The molecular formula is C14H14N4O. The van der Waals surface area contributed by atoms with Gasteiger partial charge in [0, 0.05) is 0 Å². The molecule has 1 aromatic carbocycles. The fraction of sp³-hybridized carbons (Fsp3) is 0.143. The number of aliphatic hydroxyl groups excluding tert-OH is 1. The summed E-state index contributed by atoms with van der Waals surface area (Å²) in [6.45, 7) is -0.0963. The van der Waals surface area contributed by atoms with Crippen molar-refractivity contribution in [1.82, 2.24) is 4.98 Å². The van der Waals surface area contributed by atoms with Crippen molar-refractivity contribution >= 4 is 11.5 Å². The van der Waals surface area contributed by atoms with Gasteiger partial charge in [-0.25, -0.2) is 4.98 Å². The SMILES string of the molecule is N#Cc1cc(N)cnc1NC(CO)c1ccccc1. The highest BCUT2D eigenvalue weighted by Gasteiger charge is 2.13. The van der Waals surface area contributed by atoms with E-state index in [9.17, 15) is 5.11 Å². The highest BCUT2D eigenvalue weighted by Crippen LogP contribution is 2.21. The van der Waals surface area contributed by atoms with E-state index < -0.39 is 0 Å². The van der Waals surface area contributed by atoms with E-state index in [4.69, 9.17) is 11.0 Å². The maximum atomic E-state index is 9.46. The fourth-order valence-corrected chi connectivity index (χ4v) is 1.77. The van der Waals surface area contributed by atoms with Crippen LogP contribution in [-0.2, 0) is 0 Å². The normalized spacial score (nSPS) is 11.6. The summed E-state index contributed by atoms with van der Waals surface area (Å²) < 4.78 is 0. The van der Waals surface area contributed by atoms with Gasteiger partial charge in [-0.05, 0) is 11.6 Å². The number of pyridine rings is 1. The first kappa shape index (κ1) is 12.9. The average molecular weight is 254 g/mol. The number of nitriles is 1. The molecule has 1 heterocycles. The number of nitrogens with one attached hydrogen (secondary N) is 1.